The fourth-order valence-electron chi connectivity index (χ4n) is 3.89. The third-order valence-electron chi connectivity index (χ3n) is 5.44. The monoisotopic (exact) mass is 463 g/mol. The molecule has 1 aromatic heterocycles. The highest BCUT2D eigenvalue weighted by atomic mass is 16.5. The number of nitrogens with one attached hydrogen (secondary N) is 2. The predicted octanol–water partition coefficient (Wildman–Crippen LogP) is 4.07. The molecule has 0 amide bonds. The third-order valence-corrected chi connectivity index (χ3v) is 5.44. The van der Waals surface area contributed by atoms with E-state index < -0.39 is 0 Å². The molecule has 0 saturated heterocycles. The number of hydrogen-bond donors (Lipinski definition) is 3. The molecule has 1 aliphatic heterocycles. The summed E-state index contributed by atoms with van der Waals surface area (Å²) >= 11 is 0. The van der Waals surface area contributed by atoms with E-state index in [4.69, 9.17) is 14.6 Å². The number of methoxy groups -OCH3 is 1. The lowest BCUT2D eigenvalue weighted by molar-refractivity contribution is -0.104. The second-order valence-electron chi connectivity index (χ2n) is 7.30. The second-order valence-corrected chi connectivity index (χ2v) is 7.30. The van der Waals surface area contributed by atoms with E-state index in [-0.39, 0.29) is 6.04 Å². The summed E-state index contributed by atoms with van der Waals surface area (Å²) in [6, 6.07) is 14.2. The Morgan fingerprint density at radius 3 is 2.56 bits per heavy atom. The predicted molar refractivity (Wildman–Crippen MR) is 138 cm³/mol. The van der Waals surface area contributed by atoms with Gasteiger partial charge >= 0.3 is 0 Å². The van der Waals surface area contributed by atoms with Gasteiger partial charge in [0.1, 0.15) is 23.5 Å². The van der Waals surface area contributed by atoms with Crippen molar-refractivity contribution in [2.75, 3.05) is 38.4 Å². The number of hydrogen-bond acceptors (Lipinski definition) is 7. The van der Waals surface area contributed by atoms with E-state index in [0.717, 1.165) is 47.6 Å². The van der Waals surface area contributed by atoms with Crippen molar-refractivity contribution >= 4 is 24.1 Å². The molecule has 34 heavy (non-hydrogen) atoms. The number of rotatable bonds is 6. The third kappa shape index (κ3) is 5.52. The number of carbonyl (C=O) groups excluding carboxylic acids is 2. The molecule has 2 heterocycles. The summed E-state index contributed by atoms with van der Waals surface area (Å²) in [5.74, 6) is 1.55. The van der Waals surface area contributed by atoms with Gasteiger partial charge in [-0.1, -0.05) is 36.9 Å². The van der Waals surface area contributed by atoms with Crippen LogP contribution in [-0.4, -0.2) is 50.1 Å². The Bertz CT molecular complexity index is 1120. The highest BCUT2D eigenvalue weighted by Gasteiger charge is 2.29. The molecule has 4 rings (SSSR count). The van der Waals surface area contributed by atoms with Crippen LogP contribution in [0.5, 0.6) is 5.75 Å². The molecule has 0 bridgehead atoms. The first-order valence-electron chi connectivity index (χ1n) is 11.0. The summed E-state index contributed by atoms with van der Waals surface area (Å²) in [5, 5.41) is 11.5. The lowest BCUT2D eigenvalue weighted by Gasteiger charge is -2.27. The average Bonchev–Trinajstić information content (AvgIpc) is 3.29. The molecule has 0 fully saturated rings. The van der Waals surface area contributed by atoms with Gasteiger partial charge in [-0.2, -0.15) is 5.10 Å². The molecule has 8 heteroatoms. The molecule has 180 valence electrons. The maximum Gasteiger partial charge on any atom is 0.156 e. The molecule has 0 radical (unpaired) electrons. The van der Waals surface area contributed by atoms with Gasteiger partial charge in [0.15, 0.2) is 6.29 Å². The minimum atomic E-state index is 0.0553. The first-order valence-corrected chi connectivity index (χ1v) is 11.0. The molecule has 4 N–H and O–H groups in total. The van der Waals surface area contributed by atoms with Crippen molar-refractivity contribution in [3.8, 4) is 17.0 Å². The summed E-state index contributed by atoms with van der Waals surface area (Å²) in [4.78, 5) is 21.0. The Balaban J connectivity index is 0.000000618. The Kier molecular flexibility index (Phi) is 10.0. The van der Waals surface area contributed by atoms with Crippen LogP contribution in [0.15, 0.2) is 55.1 Å². The molecule has 0 saturated carbocycles. The smallest absolute Gasteiger partial charge is 0.156 e. The van der Waals surface area contributed by atoms with E-state index in [1.165, 1.54) is 18.7 Å². The number of aromatic nitrogens is 2. The number of benzene rings is 2. The minimum absolute atomic E-state index is 0.0553. The number of anilines is 2. The first kappa shape index (κ1) is 26.3. The fourth-order valence-corrected chi connectivity index (χ4v) is 3.89. The fraction of sp³-hybridized carbons (Fsp3) is 0.269. The topological polar surface area (TPSA) is 111 Å². The van der Waals surface area contributed by atoms with E-state index in [9.17, 15) is 4.79 Å². The van der Waals surface area contributed by atoms with Crippen LogP contribution >= 0.6 is 0 Å². The number of aldehydes is 2. The van der Waals surface area contributed by atoms with Crippen molar-refractivity contribution in [3.05, 3.63) is 71.8 Å². The average molecular weight is 464 g/mol. The SMILES string of the molecule is C=CC=O.CN.CNc1ccccc1C1CCNc2c(C=O)c(-c3ccc(C)c(OC)c3)nn21. The van der Waals surface area contributed by atoms with Gasteiger partial charge in [-0.3, -0.25) is 9.59 Å². The van der Waals surface area contributed by atoms with E-state index in [1.807, 2.05) is 49.0 Å². The van der Waals surface area contributed by atoms with Crippen LogP contribution in [0.25, 0.3) is 11.3 Å². The number of nitrogens with zero attached hydrogens (tertiary/aromatic N) is 2. The lowest BCUT2D eigenvalue weighted by Crippen LogP contribution is -2.25. The van der Waals surface area contributed by atoms with Crippen LogP contribution in [-0.2, 0) is 4.79 Å². The Morgan fingerprint density at radius 1 is 1.24 bits per heavy atom. The van der Waals surface area contributed by atoms with Crippen molar-refractivity contribution in [2.45, 2.75) is 19.4 Å². The highest BCUT2D eigenvalue weighted by Crippen LogP contribution is 2.38. The van der Waals surface area contributed by atoms with Gasteiger partial charge in [0.2, 0.25) is 0 Å². The number of nitrogens with two attached hydrogens (primary N) is 1. The van der Waals surface area contributed by atoms with Crippen molar-refractivity contribution in [1.29, 1.82) is 0 Å². The maximum atomic E-state index is 12.0. The molecular formula is C26H33N5O3. The summed E-state index contributed by atoms with van der Waals surface area (Å²) in [7, 11) is 5.07. The van der Waals surface area contributed by atoms with Gasteiger partial charge in [-0.25, -0.2) is 4.68 Å². The largest absolute Gasteiger partial charge is 0.496 e. The van der Waals surface area contributed by atoms with E-state index in [0.29, 0.717) is 17.5 Å². The zero-order valence-electron chi connectivity index (χ0n) is 20.2. The lowest BCUT2D eigenvalue weighted by atomic mass is 10.00. The Hall–Kier alpha value is -3.91. The molecule has 2 aromatic carbocycles. The molecule has 1 aliphatic rings. The number of carbonyl (C=O) groups is 2. The zero-order chi connectivity index (χ0) is 25.1. The summed E-state index contributed by atoms with van der Waals surface area (Å²) < 4.78 is 7.41. The number of ether oxygens (including phenoxy) is 1. The summed E-state index contributed by atoms with van der Waals surface area (Å²) in [6.07, 6.45) is 3.61. The summed E-state index contributed by atoms with van der Waals surface area (Å²) in [5.41, 5.74) is 9.90. The van der Waals surface area contributed by atoms with Crippen molar-refractivity contribution in [2.24, 2.45) is 5.73 Å². The van der Waals surface area contributed by atoms with Crippen LogP contribution in [0.3, 0.4) is 0 Å². The van der Waals surface area contributed by atoms with Crippen molar-refractivity contribution < 1.29 is 14.3 Å². The van der Waals surface area contributed by atoms with Crippen LogP contribution < -0.4 is 21.1 Å². The van der Waals surface area contributed by atoms with Gasteiger partial charge in [0.05, 0.1) is 18.7 Å². The van der Waals surface area contributed by atoms with E-state index in [2.05, 4.69) is 35.1 Å². The number of aryl methyl sites for hydroxylation is 1. The number of allylic oxidation sites excluding steroid dienone is 1. The van der Waals surface area contributed by atoms with Crippen LogP contribution in [0.4, 0.5) is 11.5 Å². The van der Waals surface area contributed by atoms with Gasteiger partial charge in [0.25, 0.3) is 0 Å². The normalized spacial score (nSPS) is 13.5. The minimum Gasteiger partial charge on any atom is -0.496 e. The molecule has 8 nitrogen and oxygen atoms in total. The molecule has 1 atom stereocenters. The van der Waals surface area contributed by atoms with Gasteiger partial charge in [-0.15, -0.1) is 0 Å². The van der Waals surface area contributed by atoms with Crippen LogP contribution in [0.1, 0.15) is 33.9 Å². The van der Waals surface area contributed by atoms with Gasteiger partial charge < -0.3 is 21.1 Å². The summed E-state index contributed by atoms with van der Waals surface area (Å²) in [6.45, 7) is 5.89. The molecule has 1 unspecified atom stereocenters. The second kappa shape index (κ2) is 13.0. The molecule has 0 aliphatic carbocycles. The van der Waals surface area contributed by atoms with Gasteiger partial charge in [0, 0.05) is 24.8 Å². The van der Waals surface area contributed by atoms with Gasteiger partial charge in [-0.05, 0) is 49.7 Å². The van der Waals surface area contributed by atoms with E-state index in [1.54, 1.807) is 7.11 Å². The zero-order valence-corrected chi connectivity index (χ0v) is 20.2. The quantitative estimate of drug-likeness (QED) is 0.373. The Morgan fingerprint density at radius 2 is 1.94 bits per heavy atom. The number of para-hydroxylation sites is 1. The molecule has 0 spiro atoms. The standard InChI is InChI=1S/C22H24N4O2.C3H4O.CH5N/c1-14-8-9-15(12-20(14)28-3)21-17(13-27)22-24-11-10-19(26(22)25-21)16-6-4-5-7-18(16)23-2;1-2-3-4;1-2/h4-9,12-13,19,23-24H,10-11H2,1-3H3;2-3H,1H2;2H2,1H3. The maximum absolute atomic E-state index is 12.0. The van der Waals surface area contributed by atoms with Crippen LogP contribution in [0.2, 0.25) is 0 Å². The van der Waals surface area contributed by atoms with Crippen LogP contribution in [0, 0.1) is 6.92 Å². The van der Waals surface area contributed by atoms with Crippen molar-refractivity contribution in [3.63, 3.8) is 0 Å². The first-order chi connectivity index (χ1) is 16.6. The highest BCUT2D eigenvalue weighted by molar-refractivity contribution is 5.92. The van der Waals surface area contributed by atoms with Crippen molar-refractivity contribution in [1.82, 2.24) is 9.78 Å². The molecular weight excluding hydrogens is 430 g/mol. The van der Waals surface area contributed by atoms with E-state index >= 15 is 0 Å². The number of fused-ring (bicyclic) bond motifs is 1. The Labute approximate surface area is 200 Å². The molecule has 3 aromatic rings.